The summed E-state index contributed by atoms with van der Waals surface area (Å²) >= 11 is 0. The number of benzene rings is 2. The van der Waals surface area contributed by atoms with Crippen molar-refractivity contribution in [2.75, 3.05) is 0 Å². The van der Waals surface area contributed by atoms with Gasteiger partial charge in [0.05, 0.1) is 28.5 Å². The summed E-state index contributed by atoms with van der Waals surface area (Å²) in [7, 11) is 0. The maximum Gasteiger partial charge on any atom is 0.227 e. The summed E-state index contributed by atoms with van der Waals surface area (Å²) in [6.45, 7) is 11.0. The Morgan fingerprint density at radius 3 is 2.29 bits per heavy atom. The quantitative estimate of drug-likeness (QED) is 0.268. The Kier molecular flexibility index (Phi) is 4.95. The molecular formula is C30H28N4O. The number of pyridine rings is 2. The molecule has 0 aliphatic rings. The van der Waals surface area contributed by atoms with E-state index < -0.39 is 0 Å². The van der Waals surface area contributed by atoms with Gasteiger partial charge in [0.15, 0.2) is 0 Å². The van der Waals surface area contributed by atoms with Crippen molar-refractivity contribution in [2.45, 2.75) is 46.5 Å². The fraction of sp³-hybridized carbons (Fsp3) is 0.233. The summed E-state index contributed by atoms with van der Waals surface area (Å²) in [6, 6.07) is 19.0. The minimum atomic E-state index is 0.347. The number of para-hydroxylation sites is 2. The summed E-state index contributed by atoms with van der Waals surface area (Å²) in [5, 5.41) is 2.06. The van der Waals surface area contributed by atoms with Crippen LogP contribution in [0.2, 0.25) is 0 Å². The van der Waals surface area contributed by atoms with Crippen LogP contribution in [-0.4, -0.2) is 19.5 Å². The van der Waals surface area contributed by atoms with Gasteiger partial charge in [-0.05, 0) is 54.2 Å². The maximum atomic E-state index is 6.38. The van der Waals surface area contributed by atoms with Gasteiger partial charge in [0, 0.05) is 22.7 Å². The zero-order valence-electron chi connectivity index (χ0n) is 20.7. The van der Waals surface area contributed by atoms with E-state index in [4.69, 9.17) is 9.40 Å². The van der Waals surface area contributed by atoms with Crippen molar-refractivity contribution in [2.24, 2.45) is 0 Å². The first-order chi connectivity index (χ1) is 16.9. The molecule has 5 nitrogen and oxygen atoms in total. The molecule has 0 atom stereocenters. The molecule has 0 radical (unpaired) electrons. The maximum absolute atomic E-state index is 6.38. The Hall–Kier alpha value is -3.99. The molecule has 2 aromatic carbocycles. The topological polar surface area (TPSA) is 56.7 Å². The number of nitrogens with zero attached hydrogens (tertiary/aromatic N) is 4. The van der Waals surface area contributed by atoms with Crippen molar-refractivity contribution in [1.29, 1.82) is 0 Å². The van der Waals surface area contributed by atoms with Gasteiger partial charge in [-0.2, -0.15) is 0 Å². The van der Waals surface area contributed by atoms with E-state index in [0.717, 1.165) is 44.5 Å². The van der Waals surface area contributed by atoms with Gasteiger partial charge < -0.3 is 4.42 Å². The molecule has 0 unspecified atom stereocenters. The zero-order valence-corrected chi connectivity index (χ0v) is 20.7. The number of furan rings is 1. The van der Waals surface area contributed by atoms with Crippen molar-refractivity contribution in [3.05, 3.63) is 83.8 Å². The molecule has 35 heavy (non-hydrogen) atoms. The molecule has 0 saturated carbocycles. The highest BCUT2D eigenvalue weighted by Crippen LogP contribution is 2.40. The number of rotatable bonds is 4. The molecule has 0 spiro atoms. The fourth-order valence-electron chi connectivity index (χ4n) is 5.05. The van der Waals surface area contributed by atoms with Crippen molar-refractivity contribution in [1.82, 2.24) is 19.5 Å². The van der Waals surface area contributed by atoms with Gasteiger partial charge in [0.2, 0.25) is 5.71 Å². The third kappa shape index (κ3) is 3.34. The van der Waals surface area contributed by atoms with Crippen molar-refractivity contribution in [3.63, 3.8) is 0 Å². The lowest BCUT2D eigenvalue weighted by molar-refractivity contribution is 0.653. The number of imidazole rings is 1. The van der Waals surface area contributed by atoms with Crippen LogP contribution < -0.4 is 0 Å². The third-order valence-electron chi connectivity index (χ3n) is 6.77. The number of hydrogen-bond donors (Lipinski definition) is 0. The van der Waals surface area contributed by atoms with E-state index in [0.29, 0.717) is 17.5 Å². The van der Waals surface area contributed by atoms with E-state index in [1.807, 2.05) is 25.3 Å². The van der Waals surface area contributed by atoms with Gasteiger partial charge in [-0.25, -0.2) is 9.97 Å². The van der Waals surface area contributed by atoms with E-state index >= 15 is 0 Å². The molecule has 0 saturated heterocycles. The van der Waals surface area contributed by atoms with Gasteiger partial charge in [0.25, 0.3) is 0 Å². The van der Waals surface area contributed by atoms with Gasteiger partial charge >= 0.3 is 0 Å². The van der Waals surface area contributed by atoms with Crippen LogP contribution in [0.1, 0.15) is 56.4 Å². The fourth-order valence-corrected chi connectivity index (χ4v) is 5.05. The molecule has 4 aromatic heterocycles. The van der Waals surface area contributed by atoms with Crippen LogP contribution >= 0.6 is 0 Å². The smallest absolute Gasteiger partial charge is 0.227 e. The highest BCUT2D eigenvalue weighted by molar-refractivity contribution is 6.08. The molecule has 0 amide bonds. The Labute approximate surface area is 204 Å². The summed E-state index contributed by atoms with van der Waals surface area (Å²) in [4.78, 5) is 14.2. The van der Waals surface area contributed by atoms with E-state index in [2.05, 4.69) is 84.7 Å². The standard InChI is InChI=1S/C30H28N4O/c1-17(2)20-8-6-9-21(18(3)4)27(20)34-26-16-31-15-14-25(26)33-29(34)24-11-7-10-22-23-13-12-19(5)32-30(23)35-28(22)24/h6-18H,1-5H3. The summed E-state index contributed by atoms with van der Waals surface area (Å²) in [6.07, 6.45) is 3.71. The molecule has 0 aliphatic heterocycles. The minimum Gasteiger partial charge on any atom is -0.437 e. The van der Waals surface area contributed by atoms with Gasteiger partial charge in [-0.3, -0.25) is 9.55 Å². The first-order valence-electron chi connectivity index (χ1n) is 12.2. The number of aromatic nitrogens is 4. The molecule has 6 rings (SSSR count). The van der Waals surface area contributed by atoms with Crippen LogP contribution in [0.3, 0.4) is 0 Å². The molecule has 0 N–H and O–H groups in total. The largest absolute Gasteiger partial charge is 0.437 e. The van der Waals surface area contributed by atoms with E-state index in [-0.39, 0.29) is 0 Å². The number of aryl methyl sites for hydroxylation is 1. The van der Waals surface area contributed by atoms with Crippen LogP contribution in [0.4, 0.5) is 0 Å². The van der Waals surface area contributed by atoms with Crippen LogP contribution in [-0.2, 0) is 0 Å². The van der Waals surface area contributed by atoms with Gasteiger partial charge in [0.1, 0.15) is 11.4 Å². The Balaban J connectivity index is 1.76. The SMILES string of the molecule is Cc1ccc2c(n1)oc1c(-c3nc4ccncc4n3-c3c(C(C)C)cccc3C(C)C)cccc12. The lowest BCUT2D eigenvalue weighted by Gasteiger charge is -2.22. The second-order valence-corrected chi connectivity index (χ2v) is 9.82. The van der Waals surface area contributed by atoms with E-state index in [1.54, 1.807) is 6.20 Å². The van der Waals surface area contributed by atoms with Crippen molar-refractivity contribution >= 4 is 33.1 Å². The lowest BCUT2D eigenvalue weighted by Crippen LogP contribution is -2.08. The molecule has 174 valence electrons. The molecule has 4 heterocycles. The molecule has 6 aromatic rings. The van der Waals surface area contributed by atoms with Gasteiger partial charge in [-0.1, -0.05) is 58.0 Å². The average Bonchev–Trinajstić information content (AvgIpc) is 3.41. The second kappa shape index (κ2) is 8.05. The van der Waals surface area contributed by atoms with Crippen LogP contribution in [0.15, 0.2) is 71.4 Å². The number of fused-ring (bicyclic) bond motifs is 4. The van der Waals surface area contributed by atoms with Crippen molar-refractivity contribution in [3.8, 4) is 17.1 Å². The predicted molar refractivity (Wildman–Crippen MR) is 142 cm³/mol. The molecule has 5 heteroatoms. The lowest BCUT2D eigenvalue weighted by atomic mass is 9.92. The monoisotopic (exact) mass is 460 g/mol. The van der Waals surface area contributed by atoms with Crippen LogP contribution in [0, 0.1) is 6.92 Å². The van der Waals surface area contributed by atoms with Crippen LogP contribution in [0.5, 0.6) is 0 Å². The third-order valence-corrected chi connectivity index (χ3v) is 6.77. The first kappa shape index (κ1) is 21.5. The zero-order chi connectivity index (χ0) is 24.3. The summed E-state index contributed by atoms with van der Waals surface area (Å²) in [5.41, 5.74) is 8.99. The highest BCUT2D eigenvalue weighted by Gasteiger charge is 2.24. The Morgan fingerprint density at radius 2 is 1.54 bits per heavy atom. The first-order valence-corrected chi connectivity index (χ1v) is 12.2. The molecule has 0 fully saturated rings. The molecule has 0 aliphatic carbocycles. The number of hydrogen-bond acceptors (Lipinski definition) is 4. The predicted octanol–water partition coefficient (Wildman–Crippen LogP) is 7.94. The summed E-state index contributed by atoms with van der Waals surface area (Å²) < 4.78 is 8.67. The molecule has 0 bridgehead atoms. The average molecular weight is 461 g/mol. The van der Waals surface area contributed by atoms with E-state index in [9.17, 15) is 0 Å². The van der Waals surface area contributed by atoms with Crippen LogP contribution in [0.25, 0.3) is 50.2 Å². The Morgan fingerprint density at radius 1 is 0.800 bits per heavy atom. The highest BCUT2D eigenvalue weighted by atomic mass is 16.3. The normalized spacial score (nSPS) is 12.1. The minimum absolute atomic E-state index is 0.347. The Bertz CT molecular complexity index is 1700. The molecular weight excluding hydrogens is 432 g/mol. The van der Waals surface area contributed by atoms with Gasteiger partial charge in [-0.15, -0.1) is 0 Å². The summed E-state index contributed by atoms with van der Waals surface area (Å²) in [5.74, 6) is 1.55. The second-order valence-electron chi connectivity index (χ2n) is 9.82. The van der Waals surface area contributed by atoms with Crippen molar-refractivity contribution < 1.29 is 4.42 Å². The van der Waals surface area contributed by atoms with E-state index in [1.165, 1.54) is 16.8 Å².